The molecule has 2 aromatic carbocycles. The van der Waals surface area contributed by atoms with E-state index in [-0.39, 0.29) is 11.8 Å². The summed E-state index contributed by atoms with van der Waals surface area (Å²) in [4.78, 5) is 14.4. The van der Waals surface area contributed by atoms with Gasteiger partial charge in [0.15, 0.2) is 0 Å². The first kappa shape index (κ1) is 16.3. The van der Waals surface area contributed by atoms with E-state index >= 15 is 0 Å². The summed E-state index contributed by atoms with van der Waals surface area (Å²) in [6.07, 6.45) is 0.713. The first-order valence-electron chi connectivity index (χ1n) is 8.55. The lowest BCUT2D eigenvalue weighted by atomic mass is 10.0. The SMILES string of the molecule is Cc1cccc(NC(=O)N2CCc3[nH]nc(-c4ccc(F)cc4)c3C2)c1. The number of aromatic amines is 1. The van der Waals surface area contributed by atoms with Gasteiger partial charge in [0.25, 0.3) is 0 Å². The molecule has 6 heteroatoms. The molecule has 2 heterocycles. The van der Waals surface area contributed by atoms with E-state index in [0.717, 1.165) is 33.8 Å². The molecule has 0 spiro atoms. The third-order valence-corrected chi connectivity index (χ3v) is 4.61. The summed E-state index contributed by atoms with van der Waals surface area (Å²) in [5.41, 5.74) is 5.51. The van der Waals surface area contributed by atoms with E-state index < -0.39 is 0 Å². The van der Waals surface area contributed by atoms with Crippen LogP contribution in [0.2, 0.25) is 0 Å². The van der Waals surface area contributed by atoms with Crippen LogP contribution in [0.3, 0.4) is 0 Å². The second-order valence-electron chi connectivity index (χ2n) is 6.51. The molecule has 0 saturated carbocycles. The number of anilines is 1. The van der Waals surface area contributed by atoms with Crippen molar-refractivity contribution >= 4 is 11.7 Å². The molecule has 1 aliphatic heterocycles. The molecule has 3 aromatic rings. The summed E-state index contributed by atoms with van der Waals surface area (Å²) in [6.45, 7) is 3.08. The van der Waals surface area contributed by atoms with Gasteiger partial charge in [-0.15, -0.1) is 0 Å². The number of amides is 2. The third-order valence-electron chi connectivity index (χ3n) is 4.61. The van der Waals surface area contributed by atoms with Crippen LogP contribution in [0.1, 0.15) is 16.8 Å². The number of fused-ring (bicyclic) bond motifs is 1. The van der Waals surface area contributed by atoms with Crippen molar-refractivity contribution in [2.24, 2.45) is 0 Å². The molecule has 0 atom stereocenters. The summed E-state index contributed by atoms with van der Waals surface area (Å²) >= 11 is 0. The number of carbonyl (C=O) groups excluding carboxylic acids is 1. The Morgan fingerprint density at radius 1 is 1.23 bits per heavy atom. The summed E-state index contributed by atoms with van der Waals surface area (Å²) in [6, 6.07) is 13.8. The number of rotatable bonds is 2. The van der Waals surface area contributed by atoms with Crippen LogP contribution in [0.4, 0.5) is 14.9 Å². The Bertz CT molecular complexity index is 949. The van der Waals surface area contributed by atoms with Crippen molar-refractivity contribution in [2.75, 3.05) is 11.9 Å². The predicted molar refractivity (Wildman–Crippen MR) is 98.3 cm³/mol. The molecule has 0 fully saturated rings. The molecular weight excluding hydrogens is 331 g/mol. The molecule has 0 saturated heterocycles. The Morgan fingerprint density at radius 3 is 2.81 bits per heavy atom. The molecule has 4 rings (SSSR count). The number of nitrogens with one attached hydrogen (secondary N) is 2. The van der Waals surface area contributed by atoms with E-state index in [1.807, 2.05) is 31.2 Å². The van der Waals surface area contributed by atoms with Crippen LogP contribution in [0, 0.1) is 12.7 Å². The minimum atomic E-state index is -0.280. The predicted octanol–water partition coefficient (Wildman–Crippen LogP) is 4.11. The van der Waals surface area contributed by atoms with Crippen molar-refractivity contribution in [1.29, 1.82) is 0 Å². The van der Waals surface area contributed by atoms with Crippen LogP contribution in [-0.2, 0) is 13.0 Å². The van der Waals surface area contributed by atoms with Crippen molar-refractivity contribution in [3.8, 4) is 11.3 Å². The maximum Gasteiger partial charge on any atom is 0.322 e. The fraction of sp³-hybridized carbons (Fsp3) is 0.200. The van der Waals surface area contributed by atoms with Crippen molar-refractivity contribution in [1.82, 2.24) is 15.1 Å². The highest BCUT2D eigenvalue weighted by molar-refractivity contribution is 5.89. The molecule has 0 unspecified atom stereocenters. The first-order chi connectivity index (χ1) is 12.6. The quantitative estimate of drug-likeness (QED) is 0.730. The molecule has 26 heavy (non-hydrogen) atoms. The standard InChI is InChI=1S/C20H19FN4O/c1-13-3-2-4-16(11-13)22-20(26)25-10-9-18-17(12-25)19(24-23-18)14-5-7-15(21)8-6-14/h2-8,11H,9-10,12H2,1H3,(H,22,26)(H,23,24). The van der Waals surface area contributed by atoms with Gasteiger partial charge in [-0.2, -0.15) is 5.10 Å². The zero-order valence-corrected chi connectivity index (χ0v) is 14.4. The number of aryl methyl sites for hydroxylation is 1. The van der Waals surface area contributed by atoms with Crippen molar-refractivity contribution in [3.05, 3.63) is 71.2 Å². The second-order valence-corrected chi connectivity index (χ2v) is 6.51. The number of nitrogens with zero attached hydrogens (tertiary/aromatic N) is 2. The molecule has 1 aliphatic rings. The van der Waals surface area contributed by atoms with Crippen LogP contribution in [0.15, 0.2) is 48.5 Å². The minimum Gasteiger partial charge on any atom is -0.320 e. The van der Waals surface area contributed by atoms with Crippen LogP contribution in [0.25, 0.3) is 11.3 Å². The zero-order chi connectivity index (χ0) is 18.1. The molecule has 0 bridgehead atoms. The number of hydrogen-bond acceptors (Lipinski definition) is 2. The van der Waals surface area contributed by atoms with E-state index in [0.29, 0.717) is 19.5 Å². The Balaban J connectivity index is 1.54. The lowest BCUT2D eigenvalue weighted by Crippen LogP contribution is -2.38. The molecule has 2 N–H and O–H groups in total. The molecule has 0 radical (unpaired) electrons. The Hall–Kier alpha value is -3.15. The minimum absolute atomic E-state index is 0.132. The Labute approximate surface area is 150 Å². The summed E-state index contributed by atoms with van der Waals surface area (Å²) < 4.78 is 13.2. The molecule has 5 nitrogen and oxygen atoms in total. The maximum absolute atomic E-state index is 13.2. The highest BCUT2D eigenvalue weighted by atomic mass is 19.1. The number of carbonyl (C=O) groups is 1. The van der Waals surface area contributed by atoms with Gasteiger partial charge in [-0.1, -0.05) is 12.1 Å². The largest absolute Gasteiger partial charge is 0.322 e. The Morgan fingerprint density at radius 2 is 2.04 bits per heavy atom. The van der Waals surface area contributed by atoms with E-state index in [1.54, 1.807) is 17.0 Å². The van der Waals surface area contributed by atoms with E-state index in [9.17, 15) is 9.18 Å². The van der Waals surface area contributed by atoms with Gasteiger partial charge in [-0.3, -0.25) is 5.10 Å². The average Bonchev–Trinajstić information content (AvgIpc) is 3.05. The lowest BCUT2D eigenvalue weighted by molar-refractivity contribution is 0.206. The summed E-state index contributed by atoms with van der Waals surface area (Å²) in [7, 11) is 0. The number of H-pyrrole nitrogens is 1. The van der Waals surface area contributed by atoms with Crippen molar-refractivity contribution in [3.63, 3.8) is 0 Å². The van der Waals surface area contributed by atoms with Crippen molar-refractivity contribution < 1.29 is 9.18 Å². The van der Waals surface area contributed by atoms with Crippen LogP contribution in [0.5, 0.6) is 0 Å². The van der Waals surface area contributed by atoms with Gasteiger partial charge < -0.3 is 10.2 Å². The summed E-state index contributed by atoms with van der Waals surface area (Å²) in [5, 5.41) is 10.4. The highest BCUT2D eigenvalue weighted by Gasteiger charge is 2.25. The van der Waals surface area contributed by atoms with Gasteiger partial charge in [-0.05, 0) is 48.9 Å². The molecular formula is C20H19FN4O. The number of hydrogen-bond donors (Lipinski definition) is 2. The van der Waals surface area contributed by atoms with Gasteiger partial charge in [0.1, 0.15) is 5.82 Å². The molecule has 132 valence electrons. The number of benzene rings is 2. The average molecular weight is 350 g/mol. The highest BCUT2D eigenvalue weighted by Crippen LogP contribution is 2.28. The monoisotopic (exact) mass is 350 g/mol. The van der Waals surface area contributed by atoms with Gasteiger partial charge in [-0.25, -0.2) is 9.18 Å². The topological polar surface area (TPSA) is 61.0 Å². The number of aromatic nitrogens is 2. The van der Waals surface area contributed by atoms with E-state index in [2.05, 4.69) is 15.5 Å². The van der Waals surface area contributed by atoms with Gasteiger partial charge >= 0.3 is 6.03 Å². The third kappa shape index (κ3) is 3.18. The molecule has 0 aliphatic carbocycles. The maximum atomic E-state index is 13.2. The number of halogens is 1. The number of urea groups is 1. The second kappa shape index (κ2) is 6.63. The molecule has 2 amide bonds. The van der Waals surface area contributed by atoms with E-state index in [1.165, 1.54) is 12.1 Å². The molecule has 1 aromatic heterocycles. The van der Waals surface area contributed by atoms with Crippen molar-refractivity contribution in [2.45, 2.75) is 19.9 Å². The first-order valence-corrected chi connectivity index (χ1v) is 8.55. The van der Waals surface area contributed by atoms with Gasteiger partial charge in [0.2, 0.25) is 0 Å². The van der Waals surface area contributed by atoms with Crippen LogP contribution < -0.4 is 5.32 Å². The lowest BCUT2D eigenvalue weighted by Gasteiger charge is -2.27. The zero-order valence-electron chi connectivity index (χ0n) is 14.4. The fourth-order valence-electron chi connectivity index (χ4n) is 3.24. The summed E-state index contributed by atoms with van der Waals surface area (Å²) in [5.74, 6) is -0.280. The smallest absolute Gasteiger partial charge is 0.320 e. The van der Waals surface area contributed by atoms with Gasteiger partial charge in [0.05, 0.1) is 12.2 Å². The van der Waals surface area contributed by atoms with Gasteiger partial charge in [0, 0.05) is 35.5 Å². The van der Waals surface area contributed by atoms with Crippen LogP contribution in [-0.4, -0.2) is 27.7 Å². The van der Waals surface area contributed by atoms with E-state index in [4.69, 9.17) is 0 Å². The van der Waals surface area contributed by atoms with Crippen LogP contribution >= 0.6 is 0 Å². The fourth-order valence-corrected chi connectivity index (χ4v) is 3.24. The Kier molecular flexibility index (Phi) is 4.16. The normalized spacial score (nSPS) is 13.4.